The van der Waals surface area contributed by atoms with Crippen molar-refractivity contribution in [1.82, 2.24) is 70.7 Å². The van der Waals surface area contributed by atoms with Gasteiger partial charge in [-0.1, -0.05) is 15.3 Å². The fourth-order valence-corrected chi connectivity index (χ4v) is 2.58. The zero-order valence-electron chi connectivity index (χ0n) is 19.9. The molecule has 21 heteroatoms. The molecule has 0 fully saturated rings. The molecule has 0 amide bonds. The first-order chi connectivity index (χ1) is 18.2. The summed E-state index contributed by atoms with van der Waals surface area (Å²) in [5.74, 6) is -2.06. The van der Waals surface area contributed by atoms with Crippen molar-refractivity contribution in [2.75, 3.05) is 18.9 Å². The van der Waals surface area contributed by atoms with Gasteiger partial charge in [0.15, 0.2) is 17.1 Å². The second-order valence-electron chi connectivity index (χ2n) is 6.61. The van der Waals surface area contributed by atoms with Gasteiger partial charge in [0, 0.05) is 11.8 Å². The van der Waals surface area contributed by atoms with Crippen LogP contribution in [0.1, 0.15) is 51.0 Å². The number of carbonyl (C=O) groups excluding carboxylic acids is 2. The van der Waals surface area contributed by atoms with Crippen molar-refractivity contribution < 1.29 is 29.0 Å². The maximum atomic E-state index is 11.6. The van der Waals surface area contributed by atoms with Crippen LogP contribution in [0.25, 0.3) is 11.6 Å². The van der Waals surface area contributed by atoms with Gasteiger partial charge in [0.25, 0.3) is 17.5 Å². The van der Waals surface area contributed by atoms with Crippen molar-refractivity contribution in [1.29, 1.82) is 0 Å². The summed E-state index contributed by atoms with van der Waals surface area (Å²) in [5, 5.41) is 41.9. The molecule has 0 atom stereocenters. The molecule has 38 heavy (non-hydrogen) atoms. The van der Waals surface area contributed by atoms with E-state index in [0.29, 0.717) is 12.3 Å². The Balaban J connectivity index is 0.000000174. The number of H-pyrrole nitrogens is 1. The van der Waals surface area contributed by atoms with E-state index in [-0.39, 0.29) is 41.2 Å². The molecule has 5 aromatic heterocycles. The molecule has 0 saturated heterocycles. The van der Waals surface area contributed by atoms with Gasteiger partial charge in [-0.3, -0.25) is 0 Å². The number of ether oxygens (including phenoxy) is 2. The third-order valence-electron chi connectivity index (χ3n) is 4.03. The Morgan fingerprint density at radius 3 is 1.92 bits per heavy atom. The molecule has 5 heterocycles. The molecule has 0 spiro atoms. The van der Waals surface area contributed by atoms with E-state index in [1.165, 1.54) is 4.52 Å². The molecule has 0 aromatic carbocycles. The van der Waals surface area contributed by atoms with E-state index < -0.39 is 17.9 Å². The molecule has 0 aliphatic heterocycles. The van der Waals surface area contributed by atoms with E-state index in [1.807, 2.05) is 0 Å². The molecule has 5 rings (SSSR count). The van der Waals surface area contributed by atoms with E-state index in [9.17, 15) is 14.4 Å². The normalized spacial score (nSPS) is 10.2. The average molecular weight is 529 g/mol. The van der Waals surface area contributed by atoms with Crippen molar-refractivity contribution in [3.05, 3.63) is 34.9 Å². The summed E-state index contributed by atoms with van der Waals surface area (Å²) in [7, 11) is 0. The SMILES string of the molecule is CCOC(=O)c1cc(C(=O)O)nc2nnnn12.CCOC(=O)c1cc(C)nc2nnnn12.Nc1nn[nH]n1. The minimum Gasteiger partial charge on any atom is -0.477 e. The monoisotopic (exact) mass is 529 g/mol. The van der Waals surface area contributed by atoms with Gasteiger partial charge in [-0.05, 0) is 52.9 Å². The number of hydrogen-bond acceptors (Lipinski definition) is 17. The summed E-state index contributed by atoms with van der Waals surface area (Å²) in [6.07, 6.45) is 0. The van der Waals surface area contributed by atoms with Gasteiger partial charge in [-0.25, -0.2) is 24.4 Å². The number of aryl methyl sites for hydroxylation is 1. The largest absolute Gasteiger partial charge is 0.477 e. The van der Waals surface area contributed by atoms with E-state index >= 15 is 0 Å². The summed E-state index contributed by atoms with van der Waals surface area (Å²) in [5.41, 5.74) is 5.50. The number of nitrogens with two attached hydrogens (primary N) is 1. The number of tetrazole rings is 3. The number of anilines is 1. The Morgan fingerprint density at radius 2 is 1.47 bits per heavy atom. The highest BCUT2D eigenvalue weighted by Gasteiger charge is 2.19. The quantitative estimate of drug-likeness (QED) is 0.211. The van der Waals surface area contributed by atoms with Crippen LogP contribution in [0.3, 0.4) is 0 Å². The number of aromatic nitrogens is 14. The van der Waals surface area contributed by atoms with E-state index in [0.717, 1.165) is 10.6 Å². The van der Waals surface area contributed by atoms with Crippen LogP contribution in [0.15, 0.2) is 12.1 Å². The van der Waals surface area contributed by atoms with E-state index in [1.54, 1.807) is 26.8 Å². The Morgan fingerprint density at radius 1 is 0.921 bits per heavy atom. The zero-order valence-corrected chi connectivity index (χ0v) is 19.9. The lowest BCUT2D eigenvalue weighted by Crippen LogP contribution is -2.14. The first kappa shape index (κ1) is 26.8. The minimum atomic E-state index is -1.28. The standard InChI is InChI=1S/C8H7N5O4.C8H9N5O2.CH3N5/c1-2-17-7(16)5-3-4(6(14)15)9-8-10-11-12-13(5)8;1-3-15-7(14)6-4-5(2)9-8-10-11-12-13(6)8;2-1-3-5-6-4-1/h3H,2H2,1H3,(H,14,15);4H,3H2,1-2H3;(H3,2,3,4,5,6). The van der Waals surface area contributed by atoms with Crippen molar-refractivity contribution in [3.8, 4) is 0 Å². The molecule has 0 radical (unpaired) electrons. The lowest BCUT2D eigenvalue weighted by molar-refractivity contribution is 0.0505. The van der Waals surface area contributed by atoms with Crippen molar-refractivity contribution in [2.45, 2.75) is 20.8 Å². The smallest absolute Gasteiger partial charge is 0.357 e. The van der Waals surface area contributed by atoms with E-state index in [2.05, 4.69) is 61.6 Å². The number of nitrogens with zero attached hydrogens (tertiary/aromatic N) is 13. The fraction of sp³-hybridized carbons (Fsp3) is 0.294. The highest BCUT2D eigenvalue weighted by molar-refractivity contribution is 5.92. The van der Waals surface area contributed by atoms with Crippen LogP contribution >= 0.6 is 0 Å². The second kappa shape index (κ2) is 12.3. The van der Waals surface area contributed by atoms with Gasteiger partial charge in [-0.2, -0.15) is 14.2 Å². The Labute approximate surface area is 210 Å². The topological polar surface area (TPSA) is 282 Å². The predicted molar refractivity (Wildman–Crippen MR) is 119 cm³/mol. The number of carboxylic acid groups (broad SMARTS) is 1. The molecular formula is C17H19N15O6. The maximum absolute atomic E-state index is 11.6. The molecule has 0 bridgehead atoms. The highest BCUT2D eigenvalue weighted by Crippen LogP contribution is 2.07. The van der Waals surface area contributed by atoms with Crippen LogP contribution in [-0.4, -0.2) is 107 Å². The Hall–Kier alpha value is -5.76. The predicted octanol–water partition coefficient (Wildman–Crippen LogP) is -1.82. The number of carbonyl (C=O) groups is 3. The third-order valence-corrected chi connectivity index (χ3v) is 4.03. The molecule has 4 N–H and O–H groups in total. The lowest BCUT2D eigenvalue weighted by atomic mass is 10.3. The Bertz CT molecular complexity index is 1550. The Kier molecular flexibility index (Phi) is 8.67. The van der Waals surface area contributed by atoms with Gasteiger partial charge < -0.3 is 20.3 Å². The molecular weight excluding hydrogens is 510 g/mol. The number of hydrogen-bond donors (Lipinski definition) is 3. The molecule has 198 valence electrons. The second-order valence-corrected chi connectivity index (χ2v) is 6.61. The van der Waals surface area contributed by atoms with Crippen LogP contribution in [0.5, 0.6) is 0 Å². The number of rotatable bonds is 5. The summed E-state index contributed by atoms with van der Waals surface area (Å²) in [6, 6.07) is 2.64. The van der Waals surface area contributed by atoms with Gasteiger partial charge in [0.1, 0.15) is 0 Å². The number of nitrogens with one attached hydrogen (secondary N) is 1. The number of carboxylic acids is 1. The van der Waals surface area contributed by atoms with Crippen molar-refractivity contribution in [3.63, 3.8) is 0 Å². The molecule has 0 unspecified atom stereocenters. The highest BCUT2D eigenvalue weighted by atomic mass is 16.5. The number of aromatic amines is 1. The molecule has 5 aromatic rings. The van der Waals surface area contributed by atoms with Crippen LogP contribution in [0.2, 0.25) is 0 Å². The van der Waals surface area contributed by atoms with Crippen LogP contribution in [0.4, 0.5) is 5.95 Å². The number of nitrogen functional groups attached to an aromatic ring is 1. The average Bonchev–Trinajstić information content (AvgIpc) is 3.66. The third kappa shape index (κ3) is 6.46. The van der Waals surface area contributed by atoms with Gasteiger partial charge in [0.2, 0.25) is 0 Å². The molecule has 21 nitrogen and oxygen atoms in total. The van der Waals surface area contributed by atoms with Gasteiger partial charge >= 0.3 is 17.9 Å². The van der Waals surface area contributed by atoms with Crippen LogP contribution < -0.4 is 5.73 Å². The van der Waals surface area contributed by atoms with Crippen LogP contribution in [-0.2, 0) is 9.47 Å². The van der Waals surface area contributed by atoms with Crippen LogP contribution in [0, 0.1) is 6.92 Å². The molecule has 0 saturated carbocycles. The zero-order chi connectivity index (χ0) is 27.7. The maximum Gasteiger partial charge on any atom is 0.357 e. The first-order valence-electron chi connectivity index (χ1n) is 10.5. The van der Waals surface area contributed by atoms with Crippen molar-refractivity contribution >= 4 is 35.4 Å². The summed E-state index contributed by atoms with van der Waals surface area (Å²) in [4.78, 5) is 41.6. The number of esters is 2. The molecule has 0 aliphatic carbocycles. The summed E-state index contributed by atoms with van der Waals surface area (Å²) in [6.45, 7) is 5.60. The summed E-state index contributed by atoms with van der Waals surface area (Å²) >= 11 is 0. The minimum absolute atomic E-state index is 0.0760. The first-order valence-corrected chi connectivity index (χ1v) is 10.5. The van der Waals surface area contributed by atoms with E-state index in [4.69, 9.17) is 20.3 Å². The van der Waals surface area contributed by atoms with Gasteiger partial charge in [0.05, 0.1) is 13.2 Å². The number of fused-ring (bicyclic) bond motifs is 2. The van der Waals surface area contributed by atoms with Gasteiger partial charge in [-0.15, -0.1) is 5.10 Å². The molecule has 0 aliphatic rings. The van der Waals surface area contributed by atoms with Crippen molar-refractivity contribution in [2.24, 2.45) is 0 Å². The summed E-state index contributed by atoms with van der Waals surface area (Å²) < 4.78 is 11.9. The fourth-order valence-electron chi connectivity index (χ4n) is 2.58. The number of aromatic carboxylic acids is 1. The lowest BCUT2D eigenvalue weighted by Gasteiger charge is -2.03.